The van der Waals surface area contributed by atoms with E-state index in [9.17, 15) is 4.79 Å². The number of aromatic amines is 1. The normalized spacial score (nSPS) is 17.8. The minimum absolute atomic E-state index is 0.0136. The molecule has 19 heavy (non-hydrogen) atoms. The molecule has 0 saturated carbocycles. The summed E-state index contributed by atoms with van der Waals surface area (Å²) in [5.41, 5.74) is 3.36. The minimum atomic E-state index is -0.0136. The van der Waals surface area contributed by atoms with Crippen LogP contribution in [0.2, 0.25) is 0 Å². The number of pyridine rings is 1. The molecule has 98 valence electrons. The molecule has 1 unspecified atom stereocenters. The first kappa shape index (κ1) is 12.5. The number of halogens is 1. The summed E-state index contributed by atoms with van der Waals surface area (Å²) in [6.07, 6.45) is 3.13. The topological polar surface area (TPSA) is 44.9 Å². The molecule has 0 spiro atoms. The van der Waals surface area contributed by atoms with E-state index >= 15 is 0 Å². The van der Waals surface area contributed by atoms with Gasteiger partial charge in [0.15, 0.2) is 0 Å². The van der Waals surface area contributed by atoms with E-state index in [2.05, 4.69) is 32.3 Å². The van der Waals surface area contributed by atoms with Gasteiger partial charge in [-0.05, 0) is 59.0 Å². The van der Waals surface area contributed by atoms with Crippen LogP contribution < -0.4 is 10.9 Å². The maximum atomic E-state index is 11.4. The third-order valence-corrected chi connectivity index (χ3v) is 4.23. The second-order valence-electron chi connectivity index (χ2n) is 4.83. The largest absolute Gasteiger partial charge is 0.377 e. The van der Waals surface area contributed by atoms with Crippen LogP contribution in [0.1, 0.15) is 30.1 Å². The third kappa shape index (κ3) is 2.59. The molecule has 3 rings (SSSR count). The van der Waals surface area contributed by atoms with Gasteiger partial charge in [-0.25, -0.2) is 0 Å². The van der Waals surface area contributed by atoms with Crippen molar-refractivity contribution < 1.29 is 0 Å². The molecule has 1 heterocycles. The number of anilines is 1. The second kappa shape index (κ2) is 5.21. The highest BCUT2D eigenvalue weighted by molar-refractivity contribution is 9.10. The predicted octanol–water partition coefficient (Wildman–Crippen LogP) is 3.63. The third-order valence-electron chi connectivity index (χ3n) is 3.54. The van der Waals surface area contributed by atoms with Crippen LogP contribution >= 0.6 is 15.9 Å². The van der Waals surface area contributed by atoms with Gasteiger partial charge in [-0.2, -0.15) is 0 Å². The fourth-order valence-electron chi connectivity index (χ4n) is 2.62. The Kier molecular flexibility index (Phi) is 3.42. The molecule has 0 amide bonds. The van der Waals surface area contributed by atoms with Gasteiger partial charge in [0, 0.05) is 21.9 Å². The van der Waals surface area contributed by atoms with Crippen molar-refractivity contribution in [1.82, 2.24) is 4.98 Å². The predicted molar refractivity (Wildman–Crippen MR) is 80.5 cm³/mol. The summed E-state index contributed by atoms with van der Waals surface area (Å²) < 4.78 is 1.06. The summed E-state index contributed by atoms with van der Waals surface area (Å²) >= 11 is 3.55. The number of H-pyrrole nitrogens is 1. The first-order valence-electron chi connectivity index (χ1n) is 6.47. The molecule has 4 heteroatoms. The minimum Gasteiger partial charge on any atom is -0.377 e. The van der Waals surface area contributed by atoms with E-state index in [0.29, 0.717) is 0 Å². The zero-order chi connectivity index (χ0) is 13.2. The molecule has 0 saturated heterocycles. The van der Waals surface area contributed by atoms with Gasteiger partial charge in [0.25, 0.3) is 0 Å². The van der Waals surface area contributed by atoms with Crippen molar-refractivity contribution >= 4 is 21.6 Å². The van der Waals surface area contributed by atoms with Crippen LogP contribution in [0.25, 0.3) is 0 Å². The molecule has 2 N–H and O–H groups in total. The van der Waals surface area contributed by atoms with Gasteiger partial charge >= 0.3 is 0 Å². The molecule has 1 aliphatic carbocycles. The van der Waals surface area contributed by atoms with E-state index in [1.165, 1.54) is 5.56 Å². The lowest BCUT2D eigenvalue weighted by molar-refractivity contribution is 0.586. The van der Waals surface area contributed by atoms with Crippen LogP contribution in [-0.2, 0) is 6.42 Å². The molecule has 1 aromatic carbocycles. The molecule has 0 aliphatic heterocycles. The highest BCUT2D eigenvalue weighted by Crippen LogP contribution is 2.33. The average molecular weight is 319 g/mol. The van der Waals surface area contributed by atoms with Crippen molar-refractivity contribution in [2.45, 2.75) is 25.3 Å². The molecule has 1 atom stereocenters. The molecule has 2 aromatic rings. The van der Waals surface area contributed by atoms with Gasteiger partial charge in [0.2, 0.25) is 5.56 Å². The second-order valence-corrected chi connectivity index (χ2v) is 5.68. The van der Waals surface area contributed by atoms with Crippen molar-refractivity contribution in [3.8, 4) is 0 Å². The number of fused-ring (bicyclic) bond motifs is 1. The zero-order valence-electron chi connectivity index (χ0n) is 10.4. The Hall–Kier alpha value is -1.55. The Bertz CT molecular complexity index is 651. The summed E-state index contributed by atoms with van der Waals surface area (Å²) in [6.45, 7) is 0. The molecule has 0 fully saturated rings. The van der Waals surface area contributed by atoms with Gasteiger partial charge < -0.3 is 10.3 Å². The molecule has 1 aromatic heterocycles. The van der Waals surface area contributed by atoms with Gasteiger partial charge in [0.05, 0.1) is 6.04 Å². The van der Waals surface area contributed by atoms with Gasteiger partial charge in [-0.3, -0.25) is 4.79 Å². The van der Waals surface area contributed by atoms with Crippen LogP contribution in [0, 0.1) is 0 Å². The first-order valence-corrected chi connectivity index (χ1v) is 7.26. The molecule has 0 bridgehead atoms. The number of hydrogen-bond donors (Lipinski definition) is 2. The molecular formula is C15H15BrN2O. The Labute approximate surface area is 120 Å². The summed E-state index contributed by atoms with van der Waals surface area (Å²) in [5.74, 6) is 0. The van der Waals surface area contributed by atoms with Crippen molar-refractivity contribution in [3.05, 3.63) is 62.5 Å². The van der Waals surface area contributed by atoms with E-state index in [4.69, 9.17) is 0 Å². The van der Waals surface area contributed by atoms with E-state index in [0.717, 1.165) is 35.1 Å². The summed E-state index contributed by atoms with van der Waals surface area (Å²) in [5, 5.41) is 3.56. The fourth-order valence-corrected chi connectivity index (χ4v) is 3.02. The number of aryl methyl sites for hydroxylation is 1. The van der Waals surface area contributed by atoms with Gasteiger partial charge in [0.1, 0.15) is 0 Å². The SMILES string of the molecule is O=c1ccc2c([nH]1)CCCC2Nc1ccccc1Br. The average Bonchev–Trinajstić information content (AvgIpc) is 2.41. The molecule has 0 radical (unpaired) electrons. The van der Waals surface area contributed by atoms with Gasteiger partial charge in [-0.1, -0.05) is 12.1 Å². The highest BCUT2D eigenvalue weighted by atomic mass is 79.9. The standard InChI is InChI=1S/C15H15BrN2O/c16-11-4-1-2-5-14(11)17-12-6-3-7-13-10(12)8-9-15(19)18-13/h1-2,4-5,8-9,12,17H,3,6-7H2,(H,18,19). The number of aromatic nitrogens is 1. The maximum Gasteiger partial charge on any atom is 0.248 e. The molecule has 1 aliphatic rings. The van der Waals surface area contributed by atoms with E-state index in [1.807, 2.05) is 24.3 Å². The number of para-hydroxylation sites is 1. The summed E-state index contributed by atoms with van der Waals surface area (Å²) in [4.78, 5) is 14.3. The van der Waals surface area contributed by atoms with E-state index in [1.54, 1.807) is 6.07 Å². The Morgan fingerprint density at radius 1 is 1.21 bits per heavy atom. The summed E-state index contributed by atoms with van der Waals surface area (Å²) in [6, 6.07) is 11.9. The van der Waals surface area contributed by atoms with Crippen LogP contribution in [-0.4, -0.2) is 4.98 Å². The summed E-state index contributed by atoms with van der Waals surface area (Å²) in [7, 11) is 0. The number of nitrogens with one attached hydrogen (secondary N) is 2. The Morgan fingerprint density at radius 2 is 2.05 bits per heavy atom. The molecule has 3 nitrogen and oxygen atoms in total. The zero-order valence-corrected chi connectivity index (χ0v) is 12.0. The number of hydrogen-bond acceptors (Lipinski definition) is 2. The smallest absolute Gasteiger partial charge is 0.248 e. The fraction of sp³-hybridized carbons (Fsp3) is 0.267. The monoisotopic (exact) mass is 318 g/mol. The van der Waals surface area contributed by atoms with Crippen molar-refractivity contribution in [1.29, 1.82) is 0 Å². The Morgan fingerprint density at radius 3 is 2.89 bits per heavy atom. The maximum absolute atomic E-state index is 11.4. The van der Waals surface area contributed by atoms with Gasteiger partial charge in [-0.15, -0.1) is 0 Å². The van der Waals surface area contributed by atoms with E-state index in [-0.39, 0.29) is 11.6 Å². The lowest BCUT2D eigenvalue weighted by atomic mass is 9.91. The molecular weight excluding hydrogens is 304 g/mol. The quantitative estimate of drug-likeness (QED) is 0.888. The van der Waals surface area contributed by atoms with Crippen molar-refractivity contribution in [2.75, 3.05) is 5.32 Å². The van der Waals surface area contributed by atoms with Crippen molar-refractivity contribution in [3.63, 3.8) is 0 Å². The van der Waals surface area contributed by atoms with Crippen LogP contribution in [0.3, 0.4) is 0 Å². The number of rotatable bonds is 2. The van der Waals surface area contributed by atoms with Crippen molar-refractivity contribution in [2.24, 2.45) is 0 Å². The lowest BCUT2D eigenvalue weighted by Crippen LogP contribution is -2.21. The van der Waals surface area contributed by atoms with Crippen LogP contribution in [0.5, 0.6) is 0 Å². The van der Waals surface area contributed by atoms with Crippen LogP contribution in [0.4, 0.5) is 5.69 Å². The van der Waals surface area contributed by atoms with Crippen LogP contribution in [0.15, 0.2) is 45.7 Å². The first-order chi connectivity index (χ1) is 9.24. The lowest BCUT2D eigenvalue weighted by Gasteiger charge is -2.27. The van der Waals surface area contributed by atoms with E-state index < -0.39 is 0 Å². The highest BCUT2D eigenvalue weighted by Gasteiger charge is 2.21. The number of benzene rings is 1. The Balaban J connectivity index is 1.92.